The van der Waals surface area contributed by atoms with Gasteiger partial charge in [-0.1, -0.05) is 73.5 Å². The van der Waals surface area contributed by atoms with Crippen LogP contribution in [-0.4, -0.2) is 22.4 Å². The summed E-state index contributed by atoms with van der Waals surface area (Å²) in [4.78, 5) is 0. The summed E-state index contributed by atoms with van der Waals surface area (Å²) in [5.74, 6) is 1.89. The highest BCUT2D eigenvalue weighted by atomic mass is 16.3. The Balaban J connectivity index is 1.61. The van der Waals surface area contributed by atoms with Crippen molar-refractivity contribution in [2.45, 2.75) is 139 Å². The molecule has 2 heteroatoms. The molecule has 4 aliphatic rings. The first-order chi connectivity index (χ1) is 15.1. The van der Waals surface area contributed by atoms with Gasteiger partial charge in [-0.05, 0) is 109 Å². The Hall–Kier alpha value is -0.340. The van der Waals surface area contributed by atoms with Crippen LogP contribution in [-0.2, 0) is 0 Å². The summed E-state index contributed by atoms with van der Waals surface area (Å²) in [5, 5.41) is 21.7. The number of hydrogen-bond donors (Lipinski definition) is 2. The predicted molar refractivity (Wildman–Crippen MR) is 139 cm³/mol. The fourth-order valence-corrected chi connectivity index (χ4v) is 10.0. The monoisotopic (exact) mass is 458 g/mol. The largest absolute Gasteiger partial charge is 0.393 e. The third-order valence-corrected chi connectivity index (χ3v) is 12.0. The molecule has 2 N–H and O–H groups in total. The second kappa shape index (κ2) is 8.09. The van der Waals surface area contributed by atoms with Gasteiger partial charge in [0.05, 0.1) is 12.2 Å². The maximum Gasteiger partial charge on any atom is 0.0594 e. The van der Waals surface area contributed by atoms with E-state index in [1.54, 1.807) is 5.57 Å². The molecular weight excluding hydrogens is 404 g/mol. The van der Waals surface area contributed by atoms with Crippen molar-refractivity contribution in [3.05, 3.63) is 11.1 Å². The molecular formula is C31H54O2. The molecule has 0 radical (unpaired) electrons. The molecule has 0 aromatic rings. The van der Waals surface area contributed by atoms with E-state index in [-0.39, 0.29) is 28.5 Å². The smallest absolute Gasteiger partial charge is 0.0594 e. The summed E-state index contributed by atoms with van der Waals surface area (Å²) in [6.45, 7) is 21.6. The van der Waals surface area contributed by atoms with Crippen molar-refractivity contribution in [1.29, 1.82) is 0 Å². The van der Waals surface area contributed by atoms with Gasteiger partial charge in [-0.15, -0.1) is 0 Å². The van der Waals surface area contributed by atoms with Crippen LogP contribution < -0.4 is 0 Å². The van der Waals surface area contributed by atoms with Crippen molar-refractivity contribution >= 4 is 0 Å². The molecule has 190 valence electrons. The van der Waals surface area contributed by atoms with E-state index >= 15 is 0 Å². The normalized spacial score (nSPS) is 44.6. The quantitative estimate of drug-likeness (QED) is 0.420. The van der Waals surface area contributed by atoms with Crippen LogP contribution in [0, 0.1) is 44.8 Å². The van der Waals surface area contributed by atoms with Crippen molar-refractivity contribution in [3.63, 3.8) is 0 Å². The van der Waals surface area contributed by atoms with Gasteiger partial charge >= 0.3 is 0 Å². The Bertz CT molecular complexity index is 787. The van der Waals surface area contributed by atoms with Crippen molar-refractivity contribution in [2.75, 3.05) is 0 Å². The minimum absolute atomic E-state index is 0.0170. The average molecular weight is 459 g/mol. The van der Waals surface area contributed by atoms with Gasteiger partial charge in [0.25, 0.3) is 0 Å². The molecule has 0 aromatic heterocycles. The third kappa shape index (κ3) is 3.89. The molecule has 0 aromatic carbocycles. The van der Waals surface area contributed by atoms with Gasteiger partial charge in [-0.25, -0.2) is 0 Å². The molecule has 0 bridgehead atoms. The van der Waals surface area contributed by atoms with Crippen LogP contribution in [0.25, 0.3) is 0 Å². The number of rotatable bonds is 4. The van der Waals surface area contributed by atoms with E-state index in [1.165, 1.54) is 38.5 Å². The van der Waals surface area contributed by atoms with Crippen LogP contribution in [0.15, 0.2) is 11.1 Å². The van der Waals surface area contributed by atoms with E-state index in [9.17, 15) is 10.2 Å². The standard InChI is InChI=1S/C31H54O2/c1-20(18-21(32)19-27(2,3)4)22-12-16-31(9)24-10-11-25-28(5,6)26(33)14-15-29(25,7)23(24)13-17-30(22,31)8/h20-22,25-26,32-33H,10-19H2,1-9H3/t20-,21?,22-,25+,26+,29-,30-,31+/m1/s1. The number of aliphatic hydroxyl groups excluding tert-OH is 2. The number of fused-ring (bicyclic) bond motifs is 4. The molecule has 4 rings (SSSR count). The van der Waals surface area contributed by atoms with E-state index in [4.69, 9.17) is 0 Å². The van der Waals surface area contributed by atoms with Gasteiger partial charge in [-0.2, -0.15) is 0 Å². The molecule has 0 spiro atoms. The molecule has 4 aliphatic carbocycles. The lowest BCUT2D eigenvalue weighted by Gasteiger charge is -2.62. The van der Waals surface area contributed by atoms with Crippen LogP contribution in [0.3, 0.4) is 0 Å². The van der Waals surface area contributed by atoms with Crippen LogP contribution in [0.5, 0.6) is 0 Å². The number of allylic oxidation sites excluding steroid dienone is 2. The summed E-state index contributed by atoms with van der Waals surface area (Å²) in [6.07, 6.45) is 11.3. The van der Waals surface area contributed by atoms with Gasteiger partial charge in [0.1, 0.15) is 0 Å². The van der Waals surface area contributed by atoms with Crippen LogP contribution >= 0.6 is 0 Å². The summed E-state index contributed by atoms with van der Waals surface area (Å²) < 4.78 is 0. The average Bonchev–Trinajstić information content (AvgIpc) is 2.95. The summed E-state index contributed by atoms with van der Waals surface area (Å²) in [6, 6.07) is 0. The molecule has 0 amide bonds. The summed E-state index contributed by atoms with van der Waals surface area (Å²) >= 11 is 0. The van der Waals surface area contributed by atoms with Crippen molar-refractivity contribution < 1.29 is 10.2 Å². The van der Waals surface area contributed by atoms with Crippen molar-refractivity contribution in [2.24, 2.45) is 44.8 Å². The van der Waals surface area contributed by atoms with E-state index in [2.05, 4.69) is 62.3 Å². The Kier molecular flexibility index (Phi) is 6.31. The molecule has 2 fully saturated rings. The second-order valence-corrected chi connectivity index (χ2v) is 15.4. The highest BCUT2D eigenvalue weighted by molar-refractivity contribution is 5.38. The zero-order valence-electron chi connectivity index (χ0n) is 23.4. The van der Waals surface area contributed by atoms with E-state index in [0.717, 1.165) is 25.7 Å². The lowest BCUT2D eigenvalue weighted by atomic mass is 9.43. The van der Waals surface area contributed by atoms with Gasteiger partial charge in [0, 0.05) is 0 Å². The molecule has 8 atom stereocenters. The lowest BCUT2D eigenvalue weighted by Crippen LogP contribution is -2.55. The zero-order chi connectivity index (χ0) is 24.6. The first kappa shape index (κ1) is 25.7. The van der Waals surface area contributed by atoms with Gasteiger partial charge in [0.15, 0.2) is 0 Å². The van der Waals surface area contributed by atoms with Gasteiger partial charge < -0.3 is 10.2 Å². The molecule has 0 saturated heterocycles. The minimum Gasteiger partial charge on any atom is -0.393 e. The highest BCUT2D eigenvalue weighted by Gasteiger charge is 2.63. The molecule has 2 nitrogen and oxygen atoms in total. The first-order valence-corrected chi connectivity index (χ1v) is 14.2. The molecule has 2 saturated carbocycles. The minimum atomic E-state index is -0.181. The first-order valence-electron chi connectivity index (χ1n) is 14.2. The number of aliphatic hydroxyl groups is 2. The fourth-order valence-electron chi connectivity index (χ4n) is 10.0. The van der Waals surface area contributed by atoms with Crippen molar-refractivity contribution in [1.82, 2.24) is 0 Å². The van der Waals surface area contributed by atoms with E-state index < -0.39 is 0 Å². The summed E-state index contributed by atoms with van der Waals surface area (Å²) in [5.41, 5.74) is 4.76. The van der Waals surface area contributed by atoms with E-state index in [1.807, 2.05) is 5.57 Å². The second-order valence-electron chi connectivity index (χ2n) is 15.4. The van der Waals surface area contributed by atoms with Crippen LogP contribution in [0.2, 0.25) is 0 Å². The molecule has 0 aliphatic heterocycles. The maximum atomic E-state index is 10.9. The Morgan fingerprint density at radius 2 is 1.58 bits per heavy atom. The fraction of sp³-hybridized carbons (Fsp3) is 0.935. The topological polar surface area (TPSA) is 40.5 Å². The Morgan fingerprint density at radius 1 is 0.909 bits per heavy atom. The maximum absolute atomic E-state index is 10.9. The SMILES string of the molecule is C[C@H](CC(O)CC(C)(C)C)[C@H]1CC[C@@]2(C)C3=C(CC[C@]12C)[C@@]1(C)CC[C@H](O)C(C)(C)[C@@H]1CC3. The Morgan fingerprint density at radius 3 is 2.21 bits per heavy atom. The van der Waals surface area contributed by atoms with Gasteiger partial charge in [0.2, 0.25) is 0 Å². The van der Waals surface area contributed by atoms with Crippen molar-refractivity contribution in [3.8, 4) is 0 Å². The molecule has 33 heavy (non-hydrogen) atoms. The Labute approximate surface area is 205 Å². The third-order valence-electron chi connectivity index (χ3n) is 12.0. The van der Waals surface area contributed by atoms with Crippen LogP contribution in [0.1, 0.15) is 127 Å². The van der Waals surface area contributed by atoms with E-state index in [0.29, 0.717) is 28.6 Å². The molecule has 1 unspecified atom stereocenters. The van der Waals surface area contributed by atoms with Crippen LogP contribution in [0.4, 0.5) is 0 Å². The lowest BCUT2D eigenvalue weighted by molar-refractivity contribution is -0.0964. The van der Waals surface area contributed by atoms with Gasteiger partial charge in [-0.3, -0.25) is 0 Å². The zero-order valence-corrected chi connectivity index (χ0v) is 23.4. The number of hydrogen-bond acceptors (Lipinski definition) is 2. The summed E-state index contributed by atoms with van der Waals surface area (Å²) in [7, 11) is 0. The predicted octanol–water partition coefficient (Wildman–Crippen LogP) is 7.92. The molecule has 0 heterocycles. The highest BCUT2D eigenvalue weighted by Crippen LogP contribution is 2.72.